The number of unbranched alkanes of at least 4 members (excludes halogenated alkanes) is 60. The standard InChI is InChI=1S/C115H208O3.3H3O3P/c1-19-25-31-37-43-49-55-61-67-73-79-85-100(86-80-74-68-62-56-50-44-38-32-26-20-2)114(89-83-77-71-65-59-53-47-41-35-29-23-5,104-91-97(7)107(116)94-101(104)110(10,11)12)113(87-81-75-69-63-57-51-45-39-33-27-21-3,88-82-76-70-64-58-52-46-40-34-28-22-4)115(90-84-78-72-66-60-54-48-42-36-30-24-6,105-92-98(8)108(117)95-102(105)111(13,14)15)106-93-99(9)109(118)96-103(106)112(16,17)18;3*1-4(2)3/h91-96,100,116-118H,19-90H2,1-18H3;3*1-3H. The Balaban J connectivity index is 0.0000130. The zero-order valence-electron chi connectivity index (χ0n) is 88.7. The minimum atomic E-state index is -2.62. The van der Waals surface area contributed by atoms with Crippen molar-refractivity contribution >= 4 is 25.8 Å². The molecule has 0 spiro atoms. The van der Waals surface area contributed by atoms with E-state index >= 15 is 0 Å². The largest absolute Gasteiger partial charge is 0.508 e. The molecule has 0 saturated heterocycles. The first-order valence-electron chi connectivity index (χ1n) is 55.2. The summed E-state index contributed by atoms with van der Waals surface area (Å²) in [5.41, 5.74) is 9.32. The highest BCUT2D eigenvalue weighted by molar-refractivity contribution is 7.38. The number of phenolic OH excluding ortho intramolecular Hbond substituents is 3. The number of phenols is 3. The molecule has 12 nitrogen and oxygen atoms in total. The van der Waals surface area contributed by atoms with Gasteiger partial charge in [0, 0.05) is 10.8 Å². The Morgan fingerprint density at radius 3 is 0.569 bits per heavy atom. The van der Waals surface area contributed by atoms with Gasteiger partial charge < -0.3 is 59.4 Å². The highest BCUT2D eigenvalue weighted by Gasteiger charge is 2.67. The Labute approximate surface area is 809 Å². The summed E-state index contributed by atoms with van der Waals surface area (Å²) in [5, 5.41) is 38.7. The first-order valence-corrected chi connectivity index (χ1v) is 58.8. The Bertz CT molecular complexity index is 2950. The van der Waals surface area contributed by atoms with Gasteiger partial charge in [0.05, 0.1) is 0 Å². The average molecular weight is 1880 g/mol. The maximum Gasteiger partial charge on any atom is 0.324 e. The van der Waals surface area contributed by atoms with Crippen LogP contribution in [-0.2, 0) is 27.1 Å². The van der Waals surface area contributed by atoms with Crippen molar-refractivity contribution in [3.05, 3.63) is 86.5 Å². The molecule has 0 bridgehead atoms. The van der Waals surface area contributed by atoms with E-state index in [-0.39, 0.29) is 21.7 Å². The van der Waals surface area contributed by atoms with Gasteiger partial charge in [-0.05, 0) is 155 Å². The number of aryl methyl sites for hydroxylation is 3. The number of hydrogen-bond donors (Lipinski definition) is 12. The molecule has 0 aromatic heterocycles. The van der Waals surface area contributed by atoms with Crippen LogP contribution in [0.25, 0.3) is 0 Å². The Hall–Kier alpha value is -2.01. The van der Waals surface area contributed by atoms with E-state index in [1.165, 1.54) is 458 Å². The second-order valence-electron chi connectivity index (χ2n) is 43.6. The summed E-state index contributed by atoms with van der Waals surface area (Å²) in [6.45, 7) is 43.6. The van der Waals surface area contributed by atoms with Gasteiger partial charge >= 0.3 is 25.8 Å². The summed E-state index contributed by atoms with van der Waals surface area (Å²) >= 11 is 0. The molecule has 130 heavy (non-hydrogen) atoms. The predicted octanol–water partition coefficient (Wildman–Crippen LogP) is 37.2. The van der Waals surface area contributed by atoms with Crippen molar-refractivity contribution in [3.63, 3.8) is 0 Å². The third-order valence-electron chi connectivity index (χ3n) is 29.3. The van der Waals surface area contributed by atoms with Crippen molar-refractivity contribution in [2.24, 2.45) is 11.3 Å². The molecule has 1 atom stereocenters. The van der Waals surface area contributed by atoms with Crippen LogP contribution in [0.1, 0.15) is 616 Å². The van der Waals surface area contributed by atoms with Crippen molar-refractivity contribution in [2.75, 3.05) is 0 Å². The lowest BCUT2D eigenvalue weighted by molar-refractivity contribution is -0.0518. The third kappa shape index (κ3) is 55.7. The van der Waals surface area contributed by atoms with Crippen LogP contribution in [0.5, 0.6) is 17.2 Å². The number of rotatable bonds is 78. The topological polar surface area (TPSA) is 243 Å². The van der Waals surface area contributed by atoms with Crippen LogP contribution in [-0.4, -0.2) is 59.4 Å². The van der Waals surface area contributed by atoms with Crippen LogP contribution in [0.2, 0.25) is 0 Å². The van der Waals surface area contributed by atoms with Gasteiger partial charge in [0.15, 0.2) is 0 Å². The molecule has 3 aromatic rings. The van der Waals surface area contributed by atoms with Crippen LogP contribution in [0.3, 0.4) is 0 Å². The molecule has 0 aliphatic rings. The molecule has 0 amide bonds. The van der Waals surface area contributed by atoms with E-state index < -0.39 is 36.6 Å². The van der Waals surface area contributed by atoms with Crippen molar-refractivity contribution < 1.29 is 59.4 Å². The minimum absolute atomic E-state index is 0.282. The predicted molar refractivity (Wildman–Crippen MR) is 570 cm³/mol. The van der Waals surface area contributed by atoms with Crippen molar-refractivity contribution in [2.45, 2.75) is 614 Å². The summed E-state index contributed by atoms with van der Waals surface area (Å²) in [4.78, 5) is 65.1. The zero-order valence-corrected chi connectivity index (χ0v) is 91.3. The molecule has 0 aliphatic heterocycles. The summed E-state index contributed by atoms with van der Waals surface area (Å²) in [6, 6.07) is 15.1. The van der Waals surface area contributed by atoms with Gasteiger partial charge in [-0.2, -0.15) is 0 Å². The number of benzene rings is 3. The summed E-state index contributed by atoms with van der Waals surface area (Å²) in [7, 11) is -7.86. The molecule has 0 saturated carbocycles. The first-order chi connectivity index (χ1) is 62.1. The van der Waals surface area contributed by atoms with E-state index in [0.29, 0.717) is 23.2 Å². The molecule has 12 N–H and O–H groups in total. The summed E-state index contributed by atoms with van der Waals surface area (Å²) in [5.74, 6) is 1.69. The van der Waals surface area contributed by atoms with Crippen molar-refractivity contribution in [1.82, 2.24) is 0 Å². The molecule has 0 radical (unpaired) electrons. The molecule has 0 fully saturated rings. The van der Waals surface area contributed by atoms with Crippen molar-refractivity contribution in [1.29, 1.82) is 0 Å². The van der Waals surface area contributed by atoms with Crippen LogP contribution < -0.4 is 0 Å². The fourth-order valence-electron chi connectivity index (χ4n) is 22.1. The zero-order chi connectivity index (χ0) is 97.4. The number of hydrogen-bond acceptors (Lipinski definition) is 12. The van der Waals surface area contributed by atoms with Gasteiger partial charge in [-0.15, -0.1) is 0 Å². The van der Waals surface area contributed by atoms with E-state index in [1.54, 1.807) is 5.56 Å². The first kappa shape index (κ1) is 128. The molecule has 0 aliphatic carbocycles. The van der Waals surface area contributed by atoms with E-state index in [1.807, 2.05) is 0 Å². The molecule has 15 heteroatoms. The Kier molecular flexibility index (Phi) is 77.5. The lowest BCUT2D eigenvalue weighted by Gasteiger charge is -2.67. The average Bonchev–Trinajstić information content (AvgIpc) is 0.669. The summed E-state index contributed by atoms with van der Waals surface area (Å²) < 4.78 is 0. The highest BCUT2D eigenvalue weighted by atomic mass is 31.2. The van der Waals surface area contributed by atoms with E-state index in [0.717, 1.165) is 48.8 Å². The second-order valence-corrected chi connectivity index (χ2v) is 45.2. The van der Waals surface area contributed by atoms with Gasteiger partial charge in [-0.25, -0.2) is 0 Å². The third-order valence-corrected chi connectivity index (χ3v) is 29.3. The van der Waals surface area contributed by atoms with Gasteiger partial charge in [0.2, 0.25) is 0 Å². The Morgan fingerprint density at radius 2 is 0.369 bits per heavy atom. The van der Waals surface area contributed by atoms with Gasteiger partial charge in [0.25, 0.3) is 0 Å². The maximum atomic E-state index is 12.9. The van der Waals surface area contributed by atoms with E-state index in [4.69, 9.17) is 44.0 Å². The maximum absolute atomic E-state index is 12.9. The fourth-order valence-corrected chi connectivity index (χ4v) is 22.1. The summed E-state index contributed by atoms with van der Waals surface area (Å²) in [6.07, 6.45) is 94.5. The lowest BCUT2D eigenvalue weighted by atomic mass is 9.36. The quantitative estimate of drug-likeness (QED) is 0.0187. The second kappa shape index (κ2) is 78.8. The highest BCUT2D eigenvalue weighted by Crippen LogP contribution is 2.72. The fraction of sp³-hybridized carbons (Fsp3) is 0.843. The van der Waals surface area contributed by atoms with Gasteiger partial charge in [-0.1, -0.05) is 546 Å². The molecule has 3 rings (SSSR count). The molecule has 764 valence electrons. The van der Waals surface area contributed by atoms with E-state index in [9.17, 15) is 15.3 Å². The SMILES string of the molecule is CCCCCCCCCCCCCC(CCCCCCCCCCCCC)C(CCCCCCCCCCCCC)(c1cc(C)c(O)cc1C(C)(C)C)C(CCCCCCCCCCCCC)(CCCCCCCCCCCCC)C(CCCCCCCCCCCCC)(c1cc(C)c(O)cc1C(C)(C)C)c1cc(C)c(O)cc1C(C)(C)C.OP(O)O.OP(O)O.OP(O)O. The van der Waals surface area contributed by atoms with Gasteiger partial charge in [-0.3, -0.25) is 0 Å². The molecule has 0 heterocycles. The smallest absolute Gasteiger partial charge is 0.324 e. The van der Waals surface area contributed by atoms with Crippen LogP contribution in [0.4, 0.5) is 0 Å². The molecular weight excluding hydrogens is 1670 g/mol. The molecule has 3 aromatic carbocycles. The minimum Gasteiger partial charge on any atom is -0.508 e. The van der Waals surface area contributed by atoms with Crippen LogP contribution in [0.15, 0.2) is 36.4 Å². The van der Waals surface area contributed by atoms with Crippen LogP contribution in [0, 0.1) is 32.1 Å². The molecular formula is C115H217O12P3. The Morgan fingerprint density at radius 1 is 0.208 bits per heavy atom. The van der Waals surface area contributed by atoms with Gasteiger partial charge in [0.1, 0.15) is 17.2 Å². The number of aromatic hydroxyl groups is 3. The van der Waals surface area contributed by atoms with E-state index in [2.05, 4.69) is 161 Å². The lowest BCUT2D eigenvalue weighted by Crippen LogP contribution is -2.63. The van der Waals surface area contributed by atoms with Crippen LogP contribution >= 0.6 is 25.8 Å². The monoisotopic (exact) mass is 1880 g/mol. The molecule has 1 unspecified atom stereocenters. The van der Waals surface area contributed by atoms with Crippen molar-refractivity contribution in [3.8, 4) is 17.2 Å². The normalized spacial score (nSPS) is 12.8.